The minimum absolute atomic E-state index is 0.324. The van der Waals surface area contributed by atoms with Gasteiger partial charge in [0.15, 0.2) is 0 Å². The van der Waals surface area contributed by atoms with Crippen molar-refractivity contribution >= 4 is 0 Å². The Kier molecular flexibility index (Phi) is 10.4. The highest BCUT2D eigenvalue weighted by molar-refractivity contribution is 4.79. The van der Waals surface area contributed by atoms with Crippen molar-refractivity contribution in [3.05, 3.63) is 0 Å². The fourth-order valence-electron chi connectivity index (χ4n) is 3.59. The third-order valence-electron chi connectivity index (χ3n) is 5.52. The summed E-state index contributed by atoms with van der Waals surface area (Å²) in [6.07, 6.45) is 18.3. The second-order valence-corrected chi connectivity index (χ2v) is 7.93. The topological polar surface area (TPSA) is 6.48 Å². The summed E-state index contributed by atoms with van der Waals surface area (Å²) in [7, 11) is 2.32. The van der Waals surface area contributed by atoms with Crippen LogP contribution < -0.4 is 0 Å². The lowest BCUT2D eigenvalue weighted by atomic mass is 9.96. The number of hydrogen-bond donors (Lipinski definition) is 0. The predicted molar refractivity (Wildman–Crippen MR) is 99.1 cm³/mol. The first-order valence-electron chi connectivity index (χ1n) is 10.1. The molecule has 0 radical (unpaired) electrons. The van der Waals surface area contributed by atoms with Crippen LogP contribution in [0.2, 0.25) is 0 Å². The minimum Gasteiger partial charge on any atom is -0.242 e. The van der Waals surface area contributed by atoms with Crippen molar-refractivity contribution in [1.82, 2.24) is 10.0 Å². The number of hydrazine groups is 1. The molecule has 22 heavy (non-hydrogen) atoms. The summed E-state index contributed by atoms with van der Waals surface area (Å²) in [5.74, 6) is 0. The van der Waals surface area contributed by atoms with Gasteiger partial charge in [0.1, 0.15) is 0 Å². The second-order valence-electron chi connectivity index (χ2n) is 7.93. The summed E-state index contributed by atoms with van der Waals surface area (Å²) >= 11 is 0. The second kappa shape index (κ2) is 11.5. The molecule has 0 amide bonds. The van der Waals surface area contributed by atoms with E-state index < -0.39 is 0 Å². The van der Waals surface area contributed by atoms with Crippen molar-refractivity contribution in [2.45, 2.75) is 110 Å². The first-order valence-corrected chi connectivity index (χ1v) is 10.1. The maximum Gasteiger partial charge on any atom is 0.0297 e. The quantitative estimate of drug-likeness (QED) is 0.480. The molecular weight excluding hydrogens is 268 g/mol. The monoisotopic (exact) mass is 310 g/mol. The zero-order chi connectivity index (χ0) is 16.3. The van der Waals surface area contributed by atoms with Gasteiger partial charge < -0.3 is 0 Å². The first kappa shape index (κ1) is 20.0. The molecule has 0 aliphatic carbocycles. The largest absolute Gasteiger partial charge is 0.242 e. The fourth-order valence-corrected chi connectivity index (χ4v) is 3.59. The Morgan fingerprint density at radius 2 is 1.36 bits per heavy atom. The Morgan fingerprint density at radius 3 is 2.05 bits per heavy atom. The van der Waals surface area contributed by atoms with Crippen molar-refractivity contribution in [2.75, 3.05) is 20.1 Å². The lowest BCUT2D eigenvalue weighted by Crippen LogP contribution is -2.52. The Bertz CT molecular complexity index is 262. The van der Waals surface area contributed by atoms with Crippen LogP contribution in [-0.4, -0.2) is 35.7 Å². The zero-order valence-corrected chi connectivity index (χ0v) is 16.0. The molecule has 1 aliphatic heterocycles. The van der Waals surface area contributed by atoms with E-state index in [9.17, 15) is 0 Å². The van der Waals surface area contributed by atoms with Gasteiger partial charge in [-0.1, -0.05) is 71.1 Å². The Labute approximate surface area is 140 Å². The molecule has 132 valence electrons. The van der Waals surface area contributed by atoms with E-state index in [4.69, 9.17) is 0 Å². The zero-order valence-electron chi connectivity index (χ0n) is 16.0. The number of unbranched alkanes of at least 4 members (excludes halogenated alkanes) is 7. The number of hydrogen-bond acceptors (Lipinski definition) is 2. The summed E-state index contributed by atoms with van der Waals surface area (Å²) < 4.78 is 0. The van der Waals surface area contributed by atoms with Gasteiger partial charge in [0.25, 0.3) is 0 Å². The smallest absolute Gasteiger partial charge is 0.0297 e. The molecule has 2 heteroatoms. The van der Waals surface area contributed by atoms with Gasteiger partial charge in [-0.05, 0) is 33.1 Å². The molecule has 0 aromatic heterocycles. The number of nitrogens with zero attached hydrogens (tertiary/aromatic N) is 2. The molecule has 0 atom stereocenters. The highest BCUT2D eigenvalue weighted by atomic mass is 15.6. The molecule has 0 N–H and O–H groups in total. The molecule has 0 unspecified atom stereocenters. The summed E-state index contributed by atoms with van der Waals surface area (Å²) in [6, 6.07) is 0. The molecule has 1 rings (SSSR count). The third-order valence-corrected chi connectivity index (χ3v) is 5.52. The molecular formula is C20H42N2. The van der Waals surface area contributed by atoms with Crippen LogP contribution in [0.1, 0.15) is 104 Å². The number of rotatable bonds is 9. The molecule has 1 heterocycles. The Balaban J connectivity index is 2.23. The molecule has 0 aromatic rings. The van der Waals surface area contributed by atoms with Crippen LogP contribution in [0.25, 0.3) is 0 Å². The highest BCUT2D eigenvalue weighted by Gasteiger charge is 2.28. The average Bonchev–Trinajstić information content (AvgIpc) is 2.55. The van der Waals surface area contributed by atoms with E-state index in [1.165, 1.54) is 96.6 Å². The van der Waals surface area contributed by atoms with Crippen LogP contribution in [0.4, 0.5) is 0 Å². The van der Waals surface area contributed by atoms with Crippen molar-refractivity contribution in [3.8, 4) is 0 Å². The van der Waals surface area contributed by atoms with E-state index in [-0.39, 0.29) is 0 Å². The molecule has 1 saturated heterocycles. The van der Waals surface area contributed by atoms with Gasteiger partial charge in [-0.15, -0.1) is 0 Å². The van der Waals surface area contributed by atoms with Crippen LogP contribution in [0, 0.1) is 0 Å². The normalized spacial score (nSPS) is 21.3. The van der Waals surface area contributed by atoms with Crippen LogP contribution in [0.5, 0.6) is 0 Å². The van der Waals surface area contributed by atoms with Crippen molar-refractivity contribution in [3.63, 3.8) is 0 Å². The van der Waals surface area contributed by atoms with Crippen LogP contribution >= 0.6 is 0 Å². The predicted octanol–water partition coefficient (Wildman–Crippen LogP) is 6.02. The molecule has 0 bridgehead atoms. The summed E-state index contributed by atoms with van der Waals surface area (Å²) in [6.45, 7) is 9.65. The SMILES string of the molecule is CCCCCCCCCCN1CCCCCCC(C)(C)N1C. The van der Waals surface area contributed by atoms with Crippen LogP contribution in [0.3, 0.4) is 0 Å². The lowest BCUT2D eigenvalue weighted by Gasteiger charge is -2.43. The fraction of sp³-hybridized carbons (Fsp3) is 1.00. The standard InChI is InChI=1S/C20H42N2/c1-5-6-7-8-9-10-12-15-18-22-19-16-13-11-14-17-20(2,3)21(22)4/h5-19H2,1-4H3. The van der Waals surface area contributed by atoms with Crippen LogP contribution in [-0.2, 0) is 0 Å². The average molecular weight is 311 g/mol. The maximum atomic E-state index is 2.64. The highest BCUT2D eigenvalue weighted by Crippen LogP contribution is 2.25. The van der Waals surface area contributed by atoms with Gasteiger partial charge in [0.05, 0.1) is 0 Å². The lowest BCUT2D eigenvalue weighted by molar-refractivity contribution is -0.0781. The van der Waals surface area contributed by atoms with E-state index >= 15 is 0 Å². The third kappa shape index (κ3) is 7.97. The summed E-state index contributed by atoms with van der Waals surface area (Å²) in [5.41, 5.74) is 0.324. The minimum atomic E-state index is 0.324. The summed E-state index contributed by atoms with van der Waals surface area (Å²) in [4.78, 5) is 0. The van der Waals surface area contributed by atoms with Gasteiger partial charge in [-0.25, -0.2) is 10.0 Å². The van der Waals surface area contributed by atoms with E-state index in [1.54, 1.807) is 0 Å². The van der Waals surface area contributed by atoms with Crippen LogP contribution in [0.15, 0.2) is 0 Å². The first-order chi connectivity index (χ1) is 10.6. The molecule has 1 aliphatic rings. The van der Waals surface area contributed by atoms with Gasteiger partial charge in [-0.3, -0.25) is 0 Å². The van der Waals surface area contributed by atoms with E-state index in [0.717, 1.165) is 0 Å². The van der Waals surface area contributed by atoms with E-state index in [0.29, 0.717) is 5.54 Å². The molecule has 1 fully saturated rings. The van der Waals surface area contributed by atoms with Crippen molar-refractivity contribution < 1.29 is 0 Å². The van der Waals surface area contributed by atoms with Gasteiger partial charge in [-0.2, -0.15) is 0 Å². The van der Waals surface area contributed by atoms with Gasteiger partial charge in [0, 0.05) is 25.7 Å². The van der Waals surface area contributed by atoms with Crippen molar-refractivity contribution in [2.24, 2.45) is 0 Å². The maximum absolute atomic E-state index is 2.64. The van der Waals surface area contributed by atoms with Gasteiger partial charge in [0.2, 0.25) is 0 Å². The van der Waals surface area contributed by atoms with Crippen molar-refractivity contribution in [1.29, 1.82) is 0 Å². The Hall–Kier alpha value is -0.0800. The summed E-state index contributed by atoms with van der Waals surface area (Å²) in [5, 5.41) is 5.20. The van der Waals surface area contributed by atoms with Gasteiger partial charge >= 0.3 is 0 Å². The Morgan fingerprint density at radius 1 is 0.773 bits per heavy atom. The molecule has 0 aromatic carbocycles. The van der Waals surface area contributed by atoms with E-state index in [2.05, 4.69) is 37.8 Å². The molecule has 0 spiro atoms. The molecule has 0 saturated carbocycles. The molecule has 2 nitrogen and oxygen atoms in total. The van der Waals surface area contributed by atoms with E-state index in [1.807, 2.05) is 0 Å².